The van der Waals surface area contributed by atoms with Crippen molar-refractivity contribution in [1.29, 1.82) is 0 Å². The van der Waals surface area contributed by atoms with Crippen LogP contribution in [-0.2, 0) is 39.7 Å². The van der Waals surface area contributed by atoms with Gasteiger partial charge < -0.3 is 33.7 Å². The van der Waals surface area contributed by atoms with Gasteiger partial charge in [-0.2, -0.15) is 0 Å². The highest BCUT2D eigenvalue weighted by Crippen LogP contribution is 2.43. The third kappa shape index (κ3) is 8.25. The van der Waals surface area contributed by atoms with Crippen LogP contribution in [0.15, 0.2) is 29.2 Å². The van der Waals surface area contributed by atoms with E-state index in [1.807, 2.05) is 78.1 Å². The smallest absolute Gasteiger partial charge is 0.410 e. The second kappa shape index (κ2) is 15.9. The molecular formula is C37H58N2O9S. The Morgan fingerprint density at radius 1 is 1.14 bits per heavy atom. The topological polar surface area (TPSA) is 124 Å². The molecule has 0 aromatic carbocycles. The number of fused-ring (bicyclic) bond motifs is 1. The number of Topliss-reactive ketones (excluding diaryl/α,β-unsaturated/α-hetero) is 1. The van der Waals surface area contributed by atoms with E-state index in [0.717, 1.165) is 4.88 Å². The quantitative estimate of drug-likeness (QED) is 0.359. The van der Waals surface area contributed by atoms with Gasteiger partial charge in [0.05, 0.1) is 23.9 Å². The number of methoxy groups -OCH3 is 1. The van der Waals surface area contributed by atoms with Crippen LogP contribution in [0.2, 0.25) is 0 Å². The van der Waals surface area contributed by atoms with Crippen molar-refractivity contribution >= 4 is 29.2 Å². The summed E-state index contributed by atoms with van der Waals surface area (Å²) in [6.07, 6.45) is -0.456. The zero-order chi connectivity index (χ0) is 36.4. The Balaban J connectivity index is 1.76. The van der Waals surface area contributed by atoms with Crippen molar-refractivity contribution in [2.75, 3.05) is 27.7 Å². The Labute approximate surface area is 296 Å². The van der Waals surface area contributed by atoms with Crippen LogP contribution in [-0.4, -0.2) is 114 Å². The number of likely N-dealkylation sites (N-methyl/N-ethyl adjacent to an activating group) is 1. The van der Waals surface area contributed by atoms with Crippen molar-refractivity contribution in [3.8, 4) is 0 Å². The number of ether oxygens (including phenoxy) is 5. The number of thiophene rings is 1. The zero-order valence-corrected chi connectivity index (χ0v) is 32.0. The molecule has 12 atom stereocenters. The minimum Gasteiger partial charge on any atom is -0.455 e. The van der Waals surface area contributed by atoms with E-state index in [0.29, 0.717) is 31.4 Å². The maximum atomic E-state index is 14.5. The molecule has 12 heteroatoms. The first kappa shape index (κ1) is 39.4. The highest BCUT2D eigenvalue weighted by atomic mass is 32.1. The molecule has 2 fully saturated rings. The van der Waals surface area contributed by atoms with Crippen LogP contribution >= 0.6 is 11.3 Å². The van der Waals surface area contributed by atoms with Crippen molar-refractivity contribution in [1.82, 2.24) is 9.80 Å². The van der Waals surface area contributed by atoms with Crippen LogP contribution in [0.5, 0.6) is 0 Å². The van der Waals surface area contributed by atoms with Gasteiger partial charge in [0.2, 0.25) is 0 Å². The molecule has 4 rings (SSSR count). The Morgan fingerprint density at radius 3 is 2.43 bits per heavy atom. The molecule has 49 heavy (non-hydrogen) atoms. The lowest BCUT2D eigenvalue weighted by molar-refractivity contribution is -0.294. The third-order valence-electron chi connectivity index (χ3n) is 11.0. The molecule has 0 bridgehead atoms. The number of carbonyl (C=O) groups is 3. The highest BCUT2D eigenvalue weighted by molar-refractivity contribution is 7.09. The van der Waals surface area contributed by atoms with Gasteiger partial charge in [-0.05, 0) is 78.9 Å². The fourth-order valence-electron chi connectivity index (χ4n) is 8.30. The molecule has 276 valence electrons. The monoisotopic (exact) mass is 706 g/mol. The molecule has 3 aliphatic rings. The molecule has 0 aliphatic carbocycles. The van der Waals surface area contributed by atoms with E-state index >= 15 is 0 Å². The van der Waals surface area contributed by atoms with E-state index in [4.69, 9.17) is 23.7 Å². The molecule has 1 amide bonds. The predicted molar refractivity (Wildman–Crippen MR) is 187 cm³/mol. The number of hydrogen-bond acceptors (Lipinski definition) is 11. The lowest BCUT2D eigenvalue weighted by atomic mass is 9.74. The van der Waals surface area contributed by atoms with Crippen molar-refractivity contribution in [2.24, 2.45) is 17.8 Å². The van der Waals surface area contributed by atoms with Crippen LogP contribution in [0.1, 0.15) is 79.5 Å². The summed E-state index contributed by atoms with van der Waals surface area (Å²) in [6.45, 7) is 15.2. The predicted octanol–water partition coefficient (Wildman–Crippen LogP) is 5.24. The van der Waals surface area contributed by atoms with Gasteiger partial charge in [-0.15, -0.1) is 11.3 Å². The summed E-state index contributed by atoms with van der Waals surface area (Å²) in [5.74, 6) is -2.22. The molecule has 11 nitrogen and oxygen atoms in total. The molecule has 2 saturated heterocycles. The Morgan fingerprint density at radius 2 is 1.84 bits per heavy atom. The number of carbonyl (C=O) groups excluding carboxylic acids is 3. The molecule has 1 aromatic heterocycles. The number of cyclic esters (lactones) is 1. The SMILES string of the molecule is CC[C@H]1OC(=O)/C(C)=C/[C@H](C)[C@@H](O[C@@H]2O[C@H](C)C[C@H](N(C)C)[C@H]2O)[C@](C)(OC)C[C@@H](C)C(=O)[C@H](C)[C@H]2N(CCc3cccs3)C(=O)O[C@]12C. The fraction of sp³-hybridized carbons (Fsp3) is 0.757. The van der Waals surface area contributed by atoms with Crippen LogP contribution in [0, 0.1) is 17.8 Å². The zero-order valence-electron chi connectivity index (χ0n) is 31.1. The average Bonchev–Trinajstić information content (AvgIpc) is 3.66. The third-order valence-corrected chi connectivity index (χ3v) is 11.9. The van der Waals surface area contributed by atoms with Crippen LogP contribution in [0.25, 0.3) is 0 Å². The molecule has 0 saturated carbocycles. The summed E-state index contributed by atoms with van der Waals surface area (Å²) in [4.78, 5) is 46.6. The molecule has 0 radical (unpaired) electrons. The second-order valence-electron chi connectivity index (χ2n) is 15.0. The standard InChI is InChI=1S/C37H58N2O9S/c1-12-28-37(8)31(39(35(43)48-37)16-15-26-14-13-17-49-26)25(6)29(40)23(4)20-36(7,44-11)32(21(2)18-22(3)33(42)46-28)47-34-30(41)27(38(9)10)19-24(5)45-34/h13-14,17-18,21,23-25,27-28,30-32,34,41H,12,15-16,19-20H2,1-11H3/b22-18+/t21-,23+,24+,25-,27-,28+,30+,31+,32+,34-,36+,37+/m0/s1. The summed E-state index contributed by atoms with van der Waals surface area (Å²) in [7, 11) is 5.42. The molecule has 1 aromatic rings. The van der Waals surface area contributed by atoms with Gasteiger partial charge in [-0.3, -0.25) is 9.69 Å². The van der Waals surface area contributed by atoms with Gasteiger partial charge >= 0.3 is 12.1 Å². The Hall–Kier alpha value is -2.35. The van der Waals surface area contributed by atoms with E-state index in [-0.39, 0.29) is 24.3 Å². The molecule has 3 aliphatic heterocycles. The minimum atomic E-state index is -1.27. The Bertz CT molecular complexity index is 1340. The number of aliphatic hydroxyl groups excluding tert-OH is 1. The Kier molecular flexibility index (Phi) is 12.8. The molecule has 4 heterocycles. The van der Waals surface area contributed by atoms with Gasteiger partial charge in [0, 0.05) is 47.9 Å². The number of nitrogens with zero attached hydrogens (tertiary/aromatic N) is 2. The average molecular weight is 707 g/mol. The van der Waals surface area contributed by atoms with E-state index < -0.39 is 71.7 Å². The summed E-state index contributed by atoms with van der Waals surface area (Å²) >= 11 is 1.61. The van der Waals surface area contributed by atoms with Crippen molar-refractivity contribution in [3.63, 3.8) is 0 Å². The number of aliphatic hydroxyl groups is 1. The molecule has 1 N–H and O–H groups in total. The van der Waals surface area contributed by atoms with Gasteiger partial charge in [0.25, 0.3) is 0 Å². The van der Waals surface area contributed by atoms with Gasteiger partial charge in [-0.25, -0.2) is 9.59 Å². The summed E-state index contributed by atoms with van der Waals surface area (Å²) in [5.41, 5.74) is -1.96. The number of esters is 1. The highest BCUT2D eigenvalue weighted by Gasteiger charge is 2.60. The van der Waals surface area contributed by atoms with Crippen LogP contribution < -0.4 is 0 Å². The molecule has 0 unspecified atom stereocenters. The minimum absolute atomic E-state index is 0.0643. The second-order valence-corrected chi connectivity index (χ2v) is 16.0. The summed E-state index contributed by atoms with van der Waals surface area (Å²) < 4.78 is 31.3. The van der Waals surface area contributed by atoms with Gasteiger partial charge in [0.1, 0.15) is 18.0 Å². The van der Waals surface area contributed by atoms with Gasteiger partial charge in [0.15, 0.2) is 11.9 Å². The number of amides is 1. The van der Waals surface area contributed by atoms with E-state index in [9.17, 15) is 19.5 Å². The maximum absolute atomic E-state index is 14.5. The van der Waals surface area contributed by atoms with Crippen LogP contribution in [0.3, 0.4) is 0 Å². The number of hydrogen-bond donors (Lipinski definition) is 1. The largest absolute Gasteiger partial charge is 0.455 e. The molecule has 0 spiro atoms. The van der Waals surface area contributed by atoms with Crippen molar-refractivity contribution in [2.45, 2.75) is 135 Å². The van der Waals surface area contributed by atoms with E-state index in [1.165, 1.54) is 0 Å². The normalized spacial score (nSPS) is 40.7. The first-order chi connectivity index (χ1) is 23.0. The van der Waals surface area contributed by atoms with Crippen molar-refractivity contribution in [3.05, 3.63) is 34.0 Å². The fourth-order valence-corrected chi connectivity index (χ4v) is 9.00. The number of ketones is 1. The number of rotatable bonds is 8. The van der Waals surface area contributed by atoms with Crippen molar-refractivity contribution < 1.29 is 43.2 Å². The lowest BCUT2D eigenvalue weighted by Gasteiger charge is -2.47. The van der Waals surface area contributed by atoms with Gasteiger partial charge in [-0.1, -0.05) is 39.8 Å². The summed E-state index contributed by atoms with van der Waals surface area (Å²) in [5, 5.41) is 13.4. The molecular weight excluding hydrogens is 648 g/mol. The first-order valence-electron chi connectivity index (χ1n) is 17.6. The van der Waals surface area contributed by atoms with E-state index in [1.54, 1.807) is 43.3 Å². The first-order valence-corrected chi connectivity index (χ1v) is 18.5. The van der Waals surface area contributed by atoms with Crippen LogP contribution in [0.4, 0.5) is 4.79 Å². The van der Waals surface area contributed by atoms with E-state index in [2.05, 4.69) is 0 Å². The maximum Gasteiger partial charge on any atom is 0.410 e. The summed E-state index contributed by atoms with van der Waals surface area (Å²) in [6, 6.07) is 3.11. The lowest BCUT2D eigenvalue weighted by Crippen LogP contribution is -2.59.